The third-order valence-electron chi connectivity index (χ3n) is 2.57. The van der Waals surface area contributed by atoms with E-state index in [1.165, 1.54) is 13.2 Å². The highest BCUT2D eigenvalue weighted by Crippen LogP contribution is 2.23. The molecule has 0 unspecified atom stereocenters. The first kappa shape index (κ1) is 16.2. The van der Waals surface area contributed by atoms with Crippen molar-refractivity contribution in [1.82, 2.24) is 0 Å². The minimum atomic E-state index is -0.366. The molecular formula is C12H20ClFN2O. The predicted molar refractivity (Wildman–Crippen MR) is 70.0 cm³/mol. The smallest absolute Gasteiger partial charge is 0.165 e. The van der Waals surface area contributed by atoms with Crippen molar-refractivity contribution >= 4 is 12.4 Å². The van der Waals surface area contributed by atoms with Crippen molar-refractivity contribution in [2.75, 3.05) is 13.7 Å². The summed E-state index contributed by atoms with van der Waals surface area (Å²) in [5.74, 6) is -0.118. The van der Waals surface area contributed by atoms with Gasteiger partial charge in [-0.2, -0.15) is 0 Å². The molecule has 0 aliphatic heterocycles. The minimum absolute atomic E-state index is 0. The van der Waals surface area contributed by atoms with Crippen LogP contribution in [0.4, 0.5) is 4.39 Å². The van der Waals surface area contributed by atoms with Crippen molar-refractivity contribution in [3.05, 3.63) is 29.6 Å². The van der Waals surface area contributed by atoms with Crippen LogP contribution in [0.25, 0.3) is 0 Å². The average Bonchev–Trinajstić information content (AvgIpc) is 2.29. The van der Waals surface area contributed by atoms with Gasteiger partial charge >= 0.3 is 0 Å². The maximum Gasteiger partial charge on any atom is 0.165 e. The molecule has 0 aliphatic carbocycles. The average molecular weight is 263 g/mol. The minimum Gasteiger partial charge on any atom is -0.494 e. The molecule has 0 radical (unpaired) electrons. The van der Waals surface area contributed by atoms with Crippen LogP contribution in [0.2, 0.25) is 0 Å². The monoisotopic (exact) mass is 262 g/mol. The molecule has 5 heteroatoms. The first-order valence-corrected chi connectivity index (χ1v) is 5.48. The topological polar surface area (TPSA) is 61.3 Å². The van der Waals surface area contributed by atoms with Gasteiger partial charge in [-0.1, -0.05) is 12.5 Å². The van der Waals surface area contributed by atoms with Crippen LogP contribution >= 0.6 is 12.4 Å². The number of halogens is 2. The molecule has 0 saturated heterocycles. The highest BCUT2D eigenvalue weighted by atomic mass is 35.5. The lowest BCUT2D eigenvalue weighted by Crippen LogP contribution is -2.11. The van der Waals surface area contributed by atoms with Crippen LogP contribution in [0.15, 0.2) is 18.2 Å². The van der Waals surface area contributed by atoms with Crippen LogP contribution in [0.3, 0.4) is 0 Å². The van der Waals surface area contributed by atoms with Crippen molar-refractivity contribution in [2.24, 2.45) is 11.5 Å². The van der Waals surface area contributed by atoms with Crippen molar-refractivity contribution in [3.8, 4) is 5.75 Å². The van der Waals surface area contributed by atoms with E-state index in [0.717, 1.165) is 24.8 Å². The molecule has 0 aliphatic rings. The molecule has 0 fully saturated rings. The van der Waals surface area contributed by atoms with Crippen LogP contribution in [0.5, 0.6) is 5.75 Å². The summed E-state index contributed by atoms with van der Waals surface area (Å²) in [6.45, 7) is 0.670. The van der Waals surface area contributed by atoms with Gasteiger partial charge < -0.3 is 16.2 Å². The molecule has 1 atom stereocenters. The summed E-state index contributed by atoms with van der Waals surface area (Å²) in [5.41, 5.74) is 12.1. The molecule has 17 heavy (non-hydrogen) atoms. The second-order valence-electron chi connectivity index (χ2n) is 3.78. The van der Waals surface area contributed by atoms with E-state index in [1.54, 1.807) is 12.1 Å². The normalized spacial score (nSPS) is 11.8. The predicted octanol–water partition coefficient (Wildman–Crippen LogP) is 2.38. The molecule has 0 amide bonds. The summed E-state index contributed by atoms with van der Waals surface area (Å²) < 4.78 is 18.2. The van der Waals surface area contributed by atoms with Gasteiger partial charge in [0.2, 0.25) is 0 Å². The Morgan fingerprint density at radius 3 is 2.59 bits per heavy atom. The molecule has 1 aromatic rings. The number of unbranched alkanes of at least 4 members (excludes halogenated alkanes) is 1. The molecule has 0 aromatic heterocycles. The van der Waals surface area contributed by atoms with Gasteiger partial charge in [0.1, 0.15) is 0 Å². The molecule has 4 N–H and O–H groups in total. The van der Waals surface area contributed by atoms with E-state index in [9.17, 15) is 4.39 Å². The molecule has 0 bridgehead atoms. The second-order valence-corrected chi connectivity index (χ2v) is 3.78. The van der Waals surface area contributed by atoms with Gasteiger partial charge in [-0.05, 0) is 37.1 Å². The van der Waals surface area contributed by atoms with Crippen molar-refractivity contribution in [2.45, 2.75) is 25.3 Å². The van der Waals surface area contributed by atoms with Crippen LogP contribution in [-0.2, 0) is 0 Å². The number of nitrogens with two attached hydrogens (primary N) is 2. The Hall–Kier alpha value is -0.840. The van der Waals surface area contributed by atoms with Gasteiger partial charge in [-0.15, -0.1) is 12.4 Å². The third-order valence-corrected chi connectivity index (χ3v) is 2.57. The largest absolute Gasteiger partial charge is 0.494 e. The van der Waals surface area contributed by atoms with Crippen LogP contribution < -0.4 is 16.2 Å². The zero-order chi connectivity index (χ0) is 12.0. The molecule has 0 spiro atoms. The molecule has 0 heterocycles. The van der Waals surface area contributed by atoms with Crippen molar-refractivity contribution < 1.29 is 9.13 Å². The lowest BCUT2D eigenvalue weighted by molar-refractivity contribution is 0.385. The lowest BCUT2D eigenvalue weighted by atomic mass is 10.0. The summed E-state index contributed by atoms with van der Waals surface area (Å²) >= 11 is 0. The van der Waals surface area contributed by atoms with E-state index in [4.69, 9.17) is 16.2 Å². The Balaban J connectivity index is 0.00000256. The summed E-state index contributed by atoms with van der Waals surface area (Å²) in [4.78, 5) is 0. The fourth-order valence-electron chi connectivity index (χ4n) is 1.59. The Morgan fingerprint density at radius 1 is 1.35 bits per heavy atom. The van der Waals surface area contributed by atoms with E-state index in [0.29, 0.717) is 6.54 Å². The first-order chi connectivity index (χ1) is 7.69. The van der Waals surface area contributed by atoms with Crippen molar-refractivity contribution in [3.63, 3.8) is 0 Å². The first-order valence-electron chi connectivity index (χ1n) is 5.48. The van der Waals surface area contributed by atoms with Crippen LogP contribution in [-0.4, -0.2) is 13.7 Å². The summed E-state index contributed by atoms with van der Waals surface area (Å²) in [7, 11) is 1.44. The highest BCUT2D eigenvalue weighted by Gasteiger charge is 2.09. The van der Waals surface area contributed by atoms with E-state index in [-0.39, 0.29) is 30.0 Å². The standard InChI is InChI=1S/C12H19FN2O.ClH/c1-16-12-6-5-9(8-10(12)13)11(15)4-2-3-7-14;/h5-6,8,11H,2-4,7,14-15H2,1H3;1H/t11-;/m1./s1. The molecular weight excluding hydrogens is 243 g/mol. The van der Waals surface area contributed by atoms with Gasteiger partial charge in [0.05, 0.1) is 7.11 Å². The number of methoxy groups -OCH3 is 1. The van der Waals surface area contributed by atoms with E-state index in [2.05, 4.69) is 0 Å². The van der Waals surface area contributed by atoms with E-state index < -0.39 is 0 Å². The lowest BCUT2D eigenvalue weighted by Gasteiger charge is -2.12. The second kappa shape index (κ2) is 8.28. The maximum absolute atomic E-state index is 13.4. The van der Waals surface area contributed by atoms with E-state index in [1.807, 2.05) is 0 Å². The summed E-state index contributed by atoms with van der Waals surface area (Å²) in [6, 6.07) is 4.71. The number of hydrogen-bond donors (Lipinski definition) is 2. The Bertz CT molecular complexity index is 336. The number of ether oxygens (including phenoxy) is 1. The van der Waals surface area contributed by atoms with Gasteiger partial charge in [-0.25, -0.2) is 4.39 Å². The Kier molecular flexibility index (Phi) is 7.87. The SMILES string of the molecule is COc1ccc([C@H](N)CCCCN)cc1F.Cl. The number of hydrogen-bond acceptors (Lipinski definition) is 3. The van der Waals surface area contributed by atoms with Crippen molar-refractivity contribution in [1.29, 1.82) is 0 Å². The zero-order valence-electron chi connectivity index (χ0n) is 9.99. The zero-order valence-corrected chi connectivity index (χ0v) is 10.8. The quantitative estimate of drug-likeness (QED) is 0.774. The summed E-state index contributed by atoms with van der Waals surface area (Å²) in [5, 5.41) is 0. The third kappa shape index (κ3) is 4.89. The number of rotatable bonds is 6. The fraction of sp³-hybridized carbons (Fsp3) is 0.500. The van der Waals surface area contributed by atoms with Crippen LogP contribution in [0, 0.1) is 5.82 Å². The highest BCUT2D eigenvalue weighted by molar-refractivity contribution is 5.85. The number of benzene rings is 1. The molecule has 98 valence electrons. The van der Waals surface area contributed by atoms with Gasteiger partial charge in [0.25, 0.3) is 0 Å². The molecule has 3 nitrogen and oxygen atoms in total. The maximum atomic E-state index is 13.4. The van der Waals surface area contributed by atoms with Gasteiger partial charge in [-0.3, -0.25) is 0 Å². The molecule has 0 saturated carbocycles. The summed E-state index contributed by atoms with van der Waals surface area (Å²) in [6.07, 6.45) is 2.74. The van der Waals surface area contributed by atoms with Crippen LogP contribution in [0.1, 0.15) is 30.9 Å². The molecule has 1 aromatic carbocycles. The Labute approximate surface area is 108 Å². The fourth-order valence-corrected chi connectivity index (χ4v) is 1.59. The molecule has 1 rings (SSSR count). The van der Waals surface area contributed by atoms with Gasteiger partial charge in [0, 0.05) is 6.04 Å². The van der Waals surface area contributed by atoms with E-state index >= 15 is 0 Å². The van der Waals surface area contributed by atoms with Gasteiger partial charge in [0.15, 0.2) is 11.6 Å². The Morgan fingerprint density at radius 2 is 2.06 bits per heavy atom.